The van der Waals surface area contributed by atoms with Crippen LogP contribution in [-0.4, -0.2) is 33.3 Å². The third-order valence-electron chi connectivity index (χ3n) is 2.91. The Morgan fingerprint density at radius 2 is 2.16 bits per heavy atom. The largest absolute Gasteiger partial charge is 0.481 e. The molecule has 1 heterocycles. The van der Waals surface area contributed by atoms with Gasteiger partial charge in [0, 0.05) is 11.3 Å². The molecule has 0 spiro atoms. The minimum Gasteiger partial charge on any atom is -0.481 e. The van der Waals surface area contributed by atoms with E-state index in [2.05, 4.69) is 16.3 Å². The summed E-state index contributed by atoms with van der Waals surface area (Å²) in [5.74, 6) is 1.16. The molecule has 1 aromatic heterocycles. The highest BCUT2D eigenvalue weighted by Gasteiger charge is 2.21. The number of aromatic nitrogens is 2. The fourth-order valence-electron chi connectivity index (χ4n) is 1.88. The van der Waals surface area contributed by atoms with E-state index in [4.69, 9.17) is 11.5 Å². The number of carbonyl (C=O) groups excluding carboxylic acids is 1. The maximum atomic E-state index is 11.8. The van der Waals surface area contributed by atoms with E-state index in [0.717, 1.165) is 0 Å². The lowest BCUT2D eigenvalue weighted by Crippen LogP contribution is -2.32. The zero-order chi connectivity index (χ0) is 14.6. The molecule has 6 heteroatoms. The number of hydrogen-bond donors (Lipinski definition) is 2. The minimum atomic E-state index is -0.921. The second-order valence-corrected chi connectivity index (χ2v) is 4.26. The first kappa shape index (κ1) is 14.8. The van der Waals surface area contributed by atoms with E-state index in [9.17, 15) is 9.59 Å². The molecule has 0 aliphatic heterocycles. The molecular weight excluding hydrogens is 246 g/mol. The average Bonchev–Trinajstić information content (AvgIpc) is 2.62. The van der Waals surface area contributed by atoms with Gasteiger partial charge in [-0.2, -0.15) is 5.10 Å². The number of carbonyl (C=O) groups is 2. The second kappa shape index (κ2) is 6.05. The molecule has 0 radical (unpaired) electrons. The zero-order valence-corrected chi connectivity index (χ0v) is 11.2. The Hall–Kier alpha value is -2.29. The number of nitrogens with zero attached hydrogens (tertiary/aromatic N) is 2. The lowest BCUT2D eigenvalue weighted by molar-refractivity contribution is -0.136. The van der Waals surface area contributed by atoms with E-state index in [1.165, 1.54) is 4.68 Å². The number of nitrogens with one attached hydrogen (secondary N) is 1. The summed E-state index contributed by atoms with van der Waals surface area (Å²) >= 11 is 0. The Kier molecular flexibility index (Phi) is 4.70. The van der Waals surface area contributed by atoms with Crippen LogP contribution in [0.25, 0.3) is 0 Å². The topological polar surface area (TPSA) is 84.2 Å². The number of amides is 1. The standard InChI is InChI=1S/C13H17N3O3/c1-5-6-14-13(19)10(4)16-9(3)11(7-12(17)18)8(2)15-16/h1,10H,6-7H2,2-4H3,(H,14,19)(H,17,18). The Morgan fingerprint density at radius 3 is 2.68 bits per heavy atom. The maximum absolute atomic E-state index is 11.8. The number of aliphatic carboxylic acids is 1. The van der Waals surface area contributed by atoms with Crippen LogP contribution in [0.15, 0.2) is 0 Å². The van der Waals surface area contributed by atoms with Crippen LogP contribution in [0.1, 0.15) is 29.9 Å². The van der Waals surface area contributed by atoms with Crippen molar-refractivity contribution in [2.24, 2.45) is 0 Å². The molecule has 0 bridgehead atoms. The van der Waals surface area contributed by atoms with E-state index >= 15 is 0 Å². The van der Waals surface area contributed by atoms with Gasteiger partial charge < -0.3 is 10.4 Å². The molecule has 1 unspecified atom stereocenters. The molecule has 1 aromatic rings. The van der Waals surface area contributed by atoms with Gasteiger partial charge in [0.05, 0.1) is 18.7 Å². The van der Waals surface area contributed by atoms with Gasteiger partial charge in [0.25, 0.3) is 0 Å². The summed E-state index contributed by atoms with van der Waals surface area (Å²) < 4.78 is 1.53. The van der Waals surface area contributed by atoms with Crippen molar-refractivity contribution < 1.29 is 14.7 Å². The number of carboxylic acids is 1. The van der Waals surface area contributed by atoms with Gasteiger partial charge in [-0.3, -0.25) is 14.3 Å². The van der Waals surface area contributed by atoms with Crippen molar-refractivity contribution in [3.8, 4) is 12.3 Å². The molecule has 1 atom stereocenters. The van der Waals surface area contributed by atoms with Crippen LogP contribution in [0.3, 0.4) is 0 Å². The van der Waals surface area contributed by atoms with Crippen LogP contribution >= 0.6 is 0 Å². The molecule has 1 amide bonds. The molecular formula is C13H17N3O3. The van der Waals surface area contributed by atoms with Gasteiger partial charge in [0.2, 0.25) is 5.91 Å². The first-order valence-corrected chi connectivity index (χ1v) is 5.86. The molecule has 1 rings (SSSR count). The Morgan fingerprint density at radius 1 is 1.53 bits per heavy atom. The summed E-state index contributed by atoms with van der Waals surface area (Å²) in [7, 11) is 0. The summed E-state index contributed by atoms with van der Waals surface area (Å²) in [5.41, 5.74) is 1.95. The van der Waals surface area contributed by atoms with Crippen LogP contribution in [-0.2, 0) is 16.0 Å². The molecule has 0 fully saturated rings. The Balaban J connectivity index is 2.99. The summed E-state index contributed by atoms with van der Waals surface area (Å²) in [6, 6.07) is -0.533. The summed E-state index contributed by atoms with van der Waals surface area (Å²) in [4.78, 5) is 22.6. The summed E-state index contributed by atoms with van der Waals surface area (Å²) in [6.45, 7) is 5.33. The lowest BCUT2D eigenvalue weighted by atomic mass is 10.1. The quantitative estimate of drug-likeness (QED) is 0.755. The fraction of sp³-hybridized carbons (Fsp3) is 0.462. The minimum absolute atomic E-state index is 0.101. The van der Waals surface area contributed by atoms with Gasteiger partial charge in [0.15, 0.2) is 0 Å². The summed E-state index contributed by atoms with van der Waals surface area (Å²) in [6.07, 6.45) is 4.98. The van der Waals surface area contributed by atoms with Crippen LogP contribution in [0.2, 0.25) is 0 Å². The molecule has 0 saturated heterocycles. The van der Waals surface area contributed by atoms with Crippen molar-refractivity contribution in [2.75, 3.05) is 6.54 Å². The predicted octanol–water partition coefficient (Wildman–Crippen LogP) is 0.437. The maximum Gasteiger partial charge on any atom is 0.307 e. The number of carboxylic acid groups (broad SMARTS) is 1. The fourth-order valence-corrected chi connectivity index (χ4v) is 1.88. The van der Waals surface area contributed by atoms with Crippen molar-refractivity contribution in [1.82, 2.24) is 15.1 Å². The van der Waals surface area contributed by atoms with Crippen molar-refractivity contribution in [3.05, 3.63) is 17.0 Å². The zero-order valence-electron chi connectivity index (χ0n) is 11.2. The first-order chi connectivity index (χ1) is 8.88. The summed E-state index contributed by atoms with van der Waals surface area (Å²) in [5, 5.41) is 15.7. The van der Waals surface area contributed by atoms with Gasteiger partial charge in [-0.05, 0) is 20.8 Å². The van der Waals surface area contributed by atoms with Crippen LogP contribution in [0.5, 0.6) is 0 Å². The smallest absolute Gasteiger partial charge is 0.307 e. The SMILES string of the molecule is C#CCNC(=O)C(C)n1nc(C)c(CC(=O)O)c1C. The van der Waals surface area contributed by atoms with E-state index in [1.807, 2.05) is 0 Å². The normalized spacial score (nSPS) is 11.7. The molecule has 102 valence electrons. The average molecular weight is 263 g/mol. The highest BCUT2D eigenvalue weighted by Crippen LogP contribution is 2.18. The predicted molar refractivity (Wildman–Crippen MR) is 69.6 cm³/mol. The third kappa shape index (κ3) is 3.35. The van der Waals surface area contributed by atoms with Gasteiger partial charge in [-0.15, -0.1) is 6.42 Å². The van der Waals surface area contributed by atoms with Crippen molar-refractivity contribution in [3.63, 3.8) is 0 Å². The molecule has 0 aliphatic carbocycles. The Bertz CT molecular complexity index is 540. The van der Waals surface area contributed by atoms with Crippen LogP contribution in [0.4, 0.5) is 0 Å². The molecule has 0 aromatic carbocycles. The molecule has 2 N–H and O–H groups in total. The second-order valence-electron chi connectivity index (χ2n) is 4.26. The third-order valence-corrected chi connectivity index (χ3v) is 2.91. The van der Waals surface area contributed by atoms with E-state index in [1.54, 1.807) is 20.8 Å². The van der Waals surface area contributed by atoms with Gasteiger partial charge in [0.1, 0.15) is 6.04 Å². The van der Waals surface area contributed by atoms with Gasteiger partial charge in [-0.25, -0.2) is 0 Å². The molecule has 0 aliphatic rings. The van der Waals surface area contributed by atoms with Crippen molar-refractivity contribution >= 4 is 11.9 Å². The Labute approximate surface area is 111 Å². The number of aryl methyl sites for hydroxylation is 1. The number of rotatable bonds is 5. The van der Waals surface area contributed by atoms with Crippen molar-refractivity contribution in [1.29, 1.82) is 0 Å². The lowest BCUT2D eigenvalue weighted by Gasteiger charge is -2.13. The molecule has 19 heavy (non-hydrogen) atoms. The van der Waals surface area contributed by atoms with Gasteiger partial charge >= 0.3 is 5.97 Å². The van der Waals surface area contributed by atoms with Crippen LogP contribution in [0, 0.1) is 26.2 Å². The van der Waals surface area contributed by atoms with Crippen LogP contribution < -0.4 is 5.32 Å². The molecule has 0 saturated carbocycles. The van der Waals surface area contributed by atoms with E-state index < -0.39 is 12.0 Å². The van der Waals surface area contributed by atoms with Crippen molar-refractivity contribution in [2.45, 2.75) is 33.2 Å². The first-order valence-electron chi connectivity index (χ1n) is 5.86. The number of hydrogen-bond acceptors (Lipinski definition) is 3. The number of terminal acetylenes is 1. The monoisotopic (exact) mass is 263 g/mol. The van der Waals surface area contributed by atoms with Gasteiger partial charge in [-0.1, -0.05) is 5.92 Å². The highest BCUT2D eigenvalue weighted by molar-refractivity contribution is 5.80. The van der Waals surface area contributed by atoms with E-state index in [-0.39, 0.29) is 18.9 Å². The highest BCUT2D eigenvalue weighted by atomic mass is 16.4. The van der Waals surface area contributed by atoms with E-state index in [0.29, 0.717) is 17.0 Å². The molecule has 6 nitrogen and oxygen atoms in total.